The average molecular weight is 218 g/mol. The molecule has 0 aromatic heterocycles. The first-order chi connectivity index (χ1) is 5.13. The van der Waals surface area contributed by atoms with Crippen molar-refractivity contribution in [2.75, 3.05) is 11.5 Å². The molecule has 0 aliphatic rings. The Labute approximate surface area is 105 Å². The van der Waals surface area contributed by atoms with Crippen molar-refractivity contribution in [3.8, 4) is 0 Å². The molecule has 0 aliphatic heterocycles. The van der Waals surface area contributed by atoms with Crippen molar-refractivity contribution in [3.63, 3.8) is 0 Å². The molecule has 0 saturated heterocycles. The number of hydrogen-bond acceptors (Lipinski definition) is 3. The zero-order valence-electron chi connectivity index (χ0n) is 6.65. The van der Waals surface area contributed by atoms with E-state index in [1.54, 1.807) is 0 Å². The van der Waals surface area contributed by atoms with Gasteiger partial charge in [0.05, 0.1) is 12.8 Å². The van der Waals surface area contributed by atoms with Crippen LogP contribution in [0.1, 0.15) is 12.8 Å². The van der Waals surface area contributed by atoms with Gasteiger partial charge in [0.1, 0.15) is 0 Å². The van der Waals surface area contributed by atoms with E-state index in [1.165, 1.54) is 11.8 Å². The van der Waals surface area contributed by atoms with Crippen molar-refractivity contribution in [1.82, 2.24) is 0 Å². The van der Waals surface area contributed by atoms with E-state index in [4.69, 9.17) is 10.2 Å². The van der Waals surface area contributed by atoms with E-state index in [9.17, 15) is 9.59 Å². The molecule has 0 unspecified atom stereocenters. The zero-order chi connectivity index (χ0) is 8.69. The molecular weight excluding hydrogens is 208 g/mol. The van der Waals surface area contributed by atoms with Crippen LogP contribution >= 0.6 is 11.8 Å². The van der Waals surface area contributed by atoms with Crippen LogP contribution in [0.3, 0.4) is 0 Å². The number of carboxylic acid groups (broad SMARTS) is 2. The SMILES string of the molecule is O=C(O)CCSCCC(=O)O.[Ca]. The van der Waals surface area contributed by atoms with E-state index in [1.807, 2.05) is 0 Å². The molecule has 0 heterocycles. The van der Waals surface area contributed by atoms with Crippen molar-refractivity contribution >= 4 is 61.4 Å². The summed E-state index contributed by atoms with van der Waals surface area (Å²) in [4.78, 5) is 19.9. The summed E-state index contributed by atoms with van der Waals surface area (Å²) in [7, 11) is 0. The van der Waals surface area contributed by atoms with E-state index in [0.29, 0.717) is 11.5 Å². The Hall–Kier alpha value is 0.550. The Bertz CT molecular complexity index is 134. The maximum absolute atomic E-state index is 9.97. The average Bonchev–Trinajstić information content (AvgIpc) is 1.85. The summed E-state index contributed by atoms with van der Waals surface area (Å²) in [5.41, 5.74) is 0. The Morgan fingerprint density at radius 1 is 1.00 bits per heavy atom. The first-order valence-corrected chi connectivity index (χ1v) is 4.29. The molecule has 12 heavy (non-hydrogen) atoms. The van der Waals surface area contributed by atoms with Gasteiger partial charge in [0.15, 0.2) is 0 Å². The second-order valence-corrected chi connectivity index (χ2v) is 3.12. The first-order valence-electron chi connectivity index (χ1n) is 3.14. The summed E-state index contributed by atoms with van der Waals surface area (Å²) < 4.78 is 0. The Morgan fingerprint density at radius 3 is 1.58 bits per heavy atom. The van der Waals surface area contributed by atoms with Gasteiger partial charge in [-0.3, -0.25) is 9.59 Å². The third-order valence-electron chi connectivity index (χ3n) is 0.921. The molecule has 0 fully saturated rings. The maximum atomic E-state index is 9.97. The maximum Gasteiger partial charge on any atom is 0.304 e. The van der Waals surface area contributed by atoms with Crippen molar-refractivity contribution in [1.29, 1.82) is 0 Å². The van der Waals surface area contributed by atoms with Crippen LogP contribution in [0.25, 0.3) is 0 Å². The largest absolute Gasteiger partial charge is 0.481 e. The molecule has 0 aromatic rings. The molecule has 66 valence electrons. The predicted octanol–water partition coefficient (Wildman–Crippen LogP) is 0.288. The quantitative estimate of drug-likeness (QED) is 0.495. The van der Waals surface area contributed by atoms with E-state index in [-0.39, 0.29) is 50.6 Å². The second-order valence-electron chi connectivity index (χ2n) is 1.90. The fraction of sp³-hybridized carbons (Fsp3) is 0.667. The fourth-order valence-corrected chi connectivity index (χ4v) is 1.26. The Kier molecular flexibility index (Phi) is 12.1. The molecule has 6 heteroatoms. The van der Waals surface area contributed by atoms with E-state index in [2.05, 4.69) is 0 Å². The second kappa shape index (κ2) is 9.64. The van der Waals surface area contributed by atoms with Gasteiger partial charge in [-0.15, -0.1) is 0 Å². The van der Waals surface area contributed by atoms with Gasteiger partial charge in [-0.05, 0) is 0 Å². The molecule has 0 aliphatic carbocycles. The van der Waals surface area contributed by atoms with Gasteiger partial charge >= 0.3 is 11.9 Å². The van der Waals surface area contributed by atoms with Crippen LogP contribution < -0.4 is 0 Å². The normalized spacial score (nSPS) is 8.67. The van der Waals surface area contributed by atoms with Gasteiger partial charge in [-0.1, -0.05) is 0 Å². The molecule has 2 N–H and O–H groups in total. The van der Waals surface area contributed by atoms with Gasteiger partial charge < -0.3 is 10.2 Å². The van der Waals surface area contributed by atoms with Crippen molar-refractivity contribution in [3.05, 3.63) is 0 Å². The summed E-state index contributed by atoms with van der Waals surface area (Å²) in [5.74, 6) is -0.703. The van der Waals surface area contributed by atoms with Gasteiger partial charge in [0, 0.05) is 49.2 Å². The van der Waals surface area contributed by atoms with Gasteiger partial charge in [0.25, 0.3) is 0 Å². The molecule has 0 saturated carbocycles. The molecule has 2 radical (unpaired) electrons. The van der Waals surface area contributed by atoms with Crippen LogP contribution in [0, 0.1) is 0 Å². The number of carbonyl (C=O) groups is 2. The standard InChI is InChI=1S/C6H10O4S.Ca/c7-5(8)1-3-11-4-2-6(9)10;/h1-4H2,(H,7,8)(H,9,10);. The Morgan fingerprint density at radius 2 is 1.33 bits per heavy atom. The van der Waals surface area contributed by atoms with E-state index >= 15 is 0 Å². The predicted molar refractivity (Wildman–Crippen MR) is 47.6 cm³/mol. The number of thioether (sulfide) groups is 1. The molecule has 0 aromatic carbocycles. The summed E-state index contributed by atoms with van der Waals surface area (Å²) in [6.45, 7) is 0. The van der Waals surface area contributed by atoms with E-state index < -0.39 is 11.9 Å². The number of aliphatic carboxylic acids is 2. The fourth-order valence-electron chi connectivity index (χ4n) is 0.421. The summed E-state index contributed by atoms with van der Waals surface area (Å²) in [5, 5.41) is 16.4. The van der Waals surface area contributed by atoms with Crippen molar-refractivity contribution in [2.24, 2.45) is 0 Å². The third-order valence-corrected chi connectivity index (χ3v) is 1.91. The number of carboxylic acids is 2. The molecule has 0 spiro atoms. The Balaban J connectivity index is 0. The van der Waals surface area contributed by atoms with Crippen LogP contribution in [-0.2, 0) is 9.59 Å². The topological polar surface area (TPSA) is 74.6 Å². The number of rotatable bonds is 6. The van der Waals surface area contributed by atoms with E-state index in [0.717, 1.165) is 0 Å². The van der Waals surface area contributed by atoms with Crippen LogP contribution in [-0.4, -0.2) is 71.4 Å². The van der Waals surface area contributed by atoms with Gasteiger partial charge in [-0.25, -0.2) is 0 Å². The molecule has 0 atom stereocenters. The van der Waals surface area contributed by atoms with Crippen LogP contribution in [0.15, 0.2) is 0 Å². The number of hydrogen-bond donors (Lipinski definition) is 2. The van der Waals surface area contributed by atoms with Gasteiger partial charge in [-0.2, -0.15) is 11.8 Å². The van der Waals surface area contributed by atoms with Crippen LogP contribution in [0.2, 0.25) is 0 Å². The minimum Gasteiger partial charge on any atom is -0.481 e. The monoisotopic (exact) mass is 218 g/mol. The first kappa shape index (κ1) is 15.0. The van der Waals surface area contributed by atoms with Crippen molar-refractivity contribution < 1.29 is 19.8 Å². The minimum atomic E-state index is -0.840. The van der Waals surface area contributed by atoms with Gasteiger partial charge in [0.2, 0.25) is 0 Å². The zero-order valence-corrected chi connectivity index (χ0v) is 9.68. The molecule has 0 amide bonds. The molecule has 0 bridgehead atoms. The minimum absolute atomic E-state index is 0. The smallest absolute Gasteiger partial charge is 0.304 e. The summed E-state index contributed by atoms with van der Waals surface area (Å²) in [6, 6.07) is 0. The van der Waals surface area contributed by atoms with Crippen molar-refractivity contribution in [2.45, 2.75) is 12.8 Å². The molecule has 0 rings (SSSR count). The third kappa shape index (κ3) is 13.2. The summed E-state index contributed by atoms with van der Waals surface area (Å²) >= 11 is 1.35. The summed E-state index contributed by atoms with van der Waals surface area (Å²) in [6.07, 6.45) is 0.203. The van der Waals surface area contributed by atoms with Crippen LogP contribution in [0.4, 0.5) is 0 Å². The molecular formula is C6H10CaO4S. The van der Waals surface area contributed by atoms with Crippen LogP contribution in [0.5, 0.6) is 0 Å². The molecule has 4 nitrogen and oxygen atoms in total.